The normalized spacial score (nSPS) is 25.2. The lowest BCUT2D eigenvalue weighted by Gasteiger charge is -2.03. The monoisotopic (exact) mass is 273 g/mol. The lowest BCUT2D eigenvalue weighted by atomic mass is 10.1. The molecule has 1 aromatic carbocycles. The average Bonchev–Trinajstić information content (AvgIpc) is 3.36. The van der Waals surface area contributed by atoms with E-state index in [0.717, 1.165) is 30.7 Å². The molecule has 2 aliphatic rings. The van der Waals surface area contributed by atoms with Crippen LogP contribution in [-0.4, -0.2) is 18.8 Å². The van der Waals surface area contributed by atoms with Gasteiger partial charge in [-0.2, -0.15) is 0 Å². The van der Waals surface area contributed by atoms with E-state index >= 15 is 0 Å². The molecular weight excluding hydrogens is 254 g/mol. The molecule has 1 aromatic rings. The highest BCUT2D eigenvalue weighted by atomic mass is 16.7. The van der Waals surface area contributed by atoms with Crippen LogP contribution in [0.25, 0.3) is 0 Å². The quantitative estimate of drug-likeness (QED) is 0.470. The second-order valence-corrected chi connectivity index (χ2v) is 5.64. The van der Waals surface area contributed by atoms with Gasteiger partial charge < -0.3 is 9.57 Å². The molecule has 3 rings (SSSR count). The number of methoxy groups -OCH3 is 1. The lowest BCUT2D eigenvalue weighted by Crippen LogP contribution is -2.05. The summed E-state index contributed by atoms with van der Waals surface area (Å²) < 4.78 is 5.16. The molecule has 4 heteroatoms. The van der Waals surface area contributed by atoms with Gasteiger partial charge in [0.25, 0.3) is 0 Å². The standard InChI is InChI=1S/C16H19NO3/c1-10(17-20-16(18)12-3-4-12)14-9-15(14)11-5-7-13(19-2)8-6-11/h5-8,12,14-15H,3-4,9H2,1-2H3/b17-10-/t14-,15+/m0/s1. The van der Waals surface area contributed by atoms with Crippen LogP contribution in [0.5, 0.6) is 5.75 Å². The molecule has 0 N–H and O–H groups in total. The van der Waals surface area contributed by atoms with E-state index in [9.17, 15) is 4.79 Å². The van der Waals surface area contributed by atoms with Crippen molar-refractivity contribution in [2.75, 3.05) is 7.11 Å². The first kappa shape index (κ1) is 13.2. The fourth-order valence-electron chi connectivity index (χ4n) is 2.45. The summed E-state index contributed by atoms with van der Waals surface area (Å²) >= 11 is 0. The molecule has 20 heavy (non-hydrogen) atoms. The maximum absolute atomic E-state index is 11.4. The lowest BCUT2D eigenvalue weighted by molar-refractivity contribution is -0.145. The van der Waals surface area contributed by atoms with Crippen LogP contribution < -0.4 is 4.74 Å². The zero-order valence-electron chi connectivity index (χ0n) is 11.8. The summed E-state index contributed by atoms with van der Waals surface area (Å²) in [4.78, 5) is 16.4. The molecule has 0 saturated heterocycles. The van der Waals surface area contributed by atoms with E-state index in [4.69, 9.17) is 9.57 Å². The number of rotatable bonds is 5. The highest BCUT2D eigenvalue weighted by Crippen LogP contribution is 2.48. The Balaban J connectivity index is 1.56. The van der Waals surface area contributed by atoms with Crippen molar-refractivity contribution in [2.24, 2.45) is 17.0 Å². The smallest absolute Gasteiger partial charge is 0.338 e. The Labute approximate surface area is 118 Å². The first-order valence-corrected chi connectivity index (χ1v) is 7.08. The number of carbonyl (C=O) groups excluding carboxylic acids is 1. The first-order chi connectivity index (χ1) is 9.69. The molecule has 0 aromatic heterocycles. The fraction of sp³-hybridized carbons (Fsp3) is 0.500. The molecule has 106 valence electrons. The van der Waals surface area contributed by atoms with Crippen LogP contribution in [0.2, 0.25) is 0 Å². The van der Waals surface area contributed by atoms with Crippen molar-refractivity contribution in [3.05, 3.63) is 29.8 Å². The van der Waals surface area contributed by atoms with Crippen LogP contribution in [0.3, 0.4) is 0 Å². The molecule has 2 aliphatic carbocycles. The van der Waals surface area contributed by atoms with Crippen molar-refractivity contribution in [1.29, 1.82) is 0 Å². The van der Waals surface area contributed by atoms with Gasteiger partial charge >= 0.3 is 5.97 Å². The van der Waals surface area contributed by atoms with Gasteiger partial charge in [-0.1, -0.05) is 17.3 Å². The summed E-state index contributed by atoms with van der Waals surface area (Å²) in [5.41, 5.74) is 2.21. The van der Waals surface area contributed by atoms with E-state index in [2.05, 4.69) is 17.3 Å². The van der Waals surface area contributed by atoms with E-state index in [1.165, 1.54) is 5.56 Å². The van der Waals surface area contributed by atoms with E-state index in [1.54, 1.807) is 7.11 Å². The minimum absolute atomic E-state index is 0.100. The maximum Gasteiger partial charge on any atom is 0.338 e. The largest absolute Gasteiger partial charge is 0.497 e. The van der Waals surface area contributed by atoms with Crippen molar-refractivity contribution >= 4 is 11.7 Å². The van der Waals surface area contributed by atoms with Crippen molar-refractivity contribution in [3.63, 3.8) is 0 Å². The van der Waals surface area contributed by atoms with Gasteiger partial charge in [-0.25, -0.2) is 4.79 Å². The number of carbonyl (C=O) groups is 1. The first-order valence-electron chi connectivity index (χ1n) is 7.08. The zero-order valence-corrected chi connectivity index (χ0v) is 11.8. The summed E-state index contributed by atoms with van der Waals surface area (Å²) in [6, 6.07) is 8.13. The molecule has 0 radical (unpaired) electrons. The Morgan fingerprint density at radius 1 is 1.25 bits per heavy atom. The van der Waals surface area contributed by atoms with Crippen LogP contribution in [0.15, 0.2) is 29.4 Å². The molecule has 2 fully saturated rings. The molecule has 0 unspecified atom stereocenters. The summed E-state index contributed by atoms with van der Waals surface area (Å²) in [6.07, 6.45) is 2.97. The fourth-order valence-corrected chi connectivity index (χ4v) is 2.45. The number of nitrogens with zero attached hydrogens (tertiary/aromatic N) is 1. The number of hydrogen-bond donors (Lipinski definition) is 0. The van der Waals surface area contributed by atoms with Gasteiger partial charge in [0.1, 0.15) is 5.75 Å². The average molecular weight is 273 g/mol. The van der Waals surface area contributed by atoms with E-state index < -0.39 is 0 Å². The van der Waals surface area contributed by atoms with E-state index in [0.29, 0.717) is 11.8 Å². The minimum atomic E-state index is -0.175. The van der Waals surface area contributed by atoms with Crippen molar-refractivity contribution < 1.29 is 14.4 Å². The van der Waals surface area contributed by atoms with Gasteiger partial charge in [-0.3, -0.25) is 0 Å². The number of ether oxygens (including phenoxy) is 1. The third-order valence-electron chi connectivity index (χ3n) is 4.06. The van der Waals surface area contributed by atoms with Gasteiger partial charge in [0.2, 0.25) is 0 Å². The summed E-state index contributed by atoms with van der Waals surface area (Å²) in [5.74, 6) is 1.68. The van der Waals surface area contributed by atoms with Crippen LogP contribution >= 0.6 is 0 Å². The second kappa shape index (κ2) is 5.27. The third kappa shape index (κ3) is 2.84. The Morgan fingerprint density at radius 3 is 2.55 bits per heavy atom. The van der Waals surface area contributed by atoms with Crippen LogP contribution in [-0.2, 0) is 9.63 Å². The molecular formula is C16H19NO3. The molecule has 2 atom stereocenters. The topological polar surface area (TPSA) is 47.9 Å². The minimum Gasteiger partial charge on any atom is -0.497 e. The van der Waals surface area contributed by atoms with Crippen LogP contribution in [0, 0.1) is 11.8 Å². The second-order valence-electron chi connectivity index (χ2n) is 5.64. The Morgan fingerprint density at radius 2 is 1.95 bits per heavy atom. The summed E-state index contributed by atoms with van der Waals surface area (Å²) in [7, 11) is 1.67. The Bertz CT molecular complexity index is 531. The molecule has 0 spiro atoms. The number of benzene rings is 1. The van der Waals surface area contributed by atoms with Crippen LogP contribution in [0.1, 0.15) is 37.7 Å². The van der Waals surface area contributed by atoms with E-state index in [-0.39, 0.29) is 11.9 Å². The Kier molecular flexibility index (Phi) is 3.47. The van der Waals surface area contributed by atoms with Crippen molar-refractivity contribution in [3.8, 4) is 5.75 Å². The maximum atomic E-state index is 11.4. The van der Waals surface area contributed by atoms with Crippen molar-refractivity contribution in [1.82, 2.24) is 0 Å². The molecule has 0 aliphatic heterocycles. The molecule has 0 bridgehead atoms. The third-order valence-corrected chi connectivity index (χ3v) is 4.06. The van der Waals surface area contributed by atoms with Crippen LogP contribution in [0.4, 0.5) is 0 Å². The van der Waals surface area contributed by atoms with E-state index in [1.807, 2.05) is 19.1 Å². The van der Waals surface area contributed by atoms with Gasteiger partial charge in [-0.05, 0) is 49.8 Å². The zero-order chi connectivity index (χ0) is 14.1. The highest BCUT2D eigenvalue weighted by Gasteiger charge is 2.41. The Hall–Kier alpha value is -1.84. The van der Waals surface area contributed by atoms with Gasteiger partial charge in [0, 0.05) is 5.92 Å². The summed E-state index contributed by atoms with van der Waals surface area (Å²) in [6.45, 7) is 1.94. The predicted molar refractivity (Wildman–Crippen MR) is 75.8 cm³/mol. The van der Waals surface area contributed by atoms with Gasteiger partial charge in [0.05, 0.1) is 18.7 Å². The van der Waals surface area contributed by atoms with Crippen molar-refractivity contribution in [2.45, 2.75) is 32.1 Å². The predicted octanol–water partition coefficient (Wildman–Crippen LogP) is 3.13. The molecule has 4 nitrogen and oxygen atoms in total. The number of hydrogen-bond acceptors (Lipinski definition) is 4. The highest BCUT2D eigenvalue weighted by molar-refractivity contribution is 5.88. The molecule has 2 saturated carbocycles. The van der Waals surface area contributed by atoms with Gasteiger partial charge in [0.15, 0.2) is 0 Å². The molecule has 0 heterocycles. The summed E-state index contributed by atoms with van der Waals surface area (Å²) in [5, 5.41) is 4.00. The molecule has 0 amide bonds. The number of oxime groups is 1. The van der Waals surface area contributed by atoms with Gasteiger partial charge in [-0.15, -0.1) is 0 Å². The SMILES string of the molecule is COc1ccc([C@H]2C[C@H]2/C(C)=N\OC(=O)C2CC2)cc1.